The maximum atomic E-state index is 14.0. The molecule has 2 aromatic heterocycles. The van der Waals surface area contributed by atoms with Crippen LogP contribution >= 0.6 is 11.6 Å². The molecule has 0 aliphatic carbocycles. The van der Waals surface area contributed by atoms with Gasteiger partial charge in [-0.25, -0.2) is 19.0 Å². The van der Waals surface area contributed by atoms with E-state index < -0.39 is 5.82 Å². The minimum atomic E-state index is -0.494. The third-order valence-electron chi connectivity index (χ3n) is 5.15. The van der Waals surface area contributed by atoms with Crippen molar-refractivity contribution in [1.29, 1.82) is 0 Å². The van der Waals surface area contributed by atoms with Gasteiger partial charge in [-0.2, -0.15) is 5.10 Å². The van der Waals surface area contributed by atoms with Gasteiger partial charge in [-0.1, -0.05) is 72.3 Å². The lowest BCUT2D eigenvalue weighted by Gasteiger charge is -2.10. The first-order valence-corrected chi connectivity index (χ1v) is 10.7. The van der Waals surface area contributed by atoms with Crippen LogP contribution in [-0.4, -0.2) is 20.5 Å². The molecule has 0 saturated heterocycles. The first-order valence-electron chi connectivity index (χ1n) is 10.3. The lowest BCUT2D eigenvalue weighted by Crippen LogP contribution is -2.03. The van der Waals surface area contributed by atoms with Crippen molar-refractivity contribution in [2.75, 3.05) is 0 Å². The summed E-state index contributed by atoms with van der Waals surface area (Å²) in [5.74, 6) is 0.0660. The molecule has 0 radical (unpaired) electrons. The summed E-state index contributed by atoms with van der Waals surface area (Å²) in [6, 6.07) is 30.3. The largest absolute Gasteiger partial charge is 0.237 e. The number of benzene rings is 3. The number of hydrogen-bond acceptors (Lipinski definition) is 3. The van der Waals surface area contributed by atoms with Crippen molar-refractivity contribution < 1.29 is 4.39 Å². The van der Waals surface area contributed by atoms with E-state index in [4.69, 9.17) is 16.6 Å². The average molecular weight is 453 g/mol. The van der Waals surface area contributed by atoms with Crippen molar-refractivity contribution in [1.82, 2.24) is 14.8 Å². The highest BCUT2D eigenvalue weighted by Gasteiger charge is 2.12. The molecular formula is C27H18ClFN4. The van der Waals surface area contributed by atoms with Crippen molar-refractivity contribution in [3.05, 3.63) is 131 Å². The third kappa shape index (κ3) is 4.45. The lowest BCUT2D eigenvalue weighted by molar-refractivity contribution is 0.626. The molecule has 0 atom stereocenters. The standard InChI is InChI=1S/C27H18ClFN4/c28-23-12-11-22(18-24(23)29)33-25(14-16-31-33)21-13-15-30-26(17-21)32-27(19-7-3-1-4-8-19)20-9-5-2-6-10-20/h1-18H. The van der Waals surface area contributed by atoms with Gasteiger partial charge in [0.2, 0.25) is 0 Å². The van der Waals surface area contributed by atoms with Gasteiger partial charge in [0.25, 0.3) is 0 Å². The molecule has 0 saturated carbocycles. The summed E-state index contributed by atoms with van der Waals surface area (Å²) in [6.07, 6.45) is 3.38. The molecule has 5 aromatic rings. The minimum Gasteiger partial charge on any atom is -0.237 e. The quantitative estimate of drug-likeness (QED) is 0.272. The highest BCUT2D eigenvalue weighted by Crippen LogP contribution is 2.27. The van der Waals surface area contributed by atoms with Gasteiger partial charge in [0.15, 0.2) is 5.82 Å². The Kier molecular flexibility index (Phi) is 5.79. The van der Waals surface area contributed by atoms with Crippen LogP contribution in [0, 0.1) is 5.82 Å². The van der Waals surface area contributed by atoms with E-state index in [-0.39, 0.29) is 5.02 Å². The molecule has 6 heteroatoms. The zero-order valence-electron chi connectivity index (χ0n) is 17.4. The highest BCUT2D eigenvalue weighted by molar-refractivity contribution is 6.30. The van der Waals surface area contributed by atoms with Crippen LogP contribution in [0.2, 0.25) is 5.02 Å². The second-order valence-electron chi connectivity index (χ2n) is 7.32. The molecule has 3 aromatic carbocycles. The molecule has 0 fully saturated rings. The molecule has 0 aliphatic heterocycles. The summed E-state index contributed by atoms with van der Waals surface area (Å²) < 4.78 is 15.7. The number of hydrogen-bond donors (Lipinski definition) is 0. The fraction of sp³-hybridized carbons (Fsp3) is 0. The monoisotopic (exact) mass is 452 g/mol. The summed E-state index contributed by atoms with van der Waals surface area (Å²) >= 11 is 5.84. The molecule has 0 unspecified atom stereocenters. The Morgan fingerprint density at radius 3 is 2.15 bits per heavy atom. The maximum Gasteiger partial charge on any atom is 0.153 e. The van der Waals surface area contributed by atoms with Crippen molar-refractivity contribution in [2.24, 2.45) is 4.99 Å². The van der Waals surface area contributed by atoms with Gasteiger partial charge in [-0.15, -0.1) is 0 Å². The minimum absolute atomic E-state index is 0.0716. The smallest absolute Gasteiger partial charge is 0.153 e. The van der Waals surface area contributed by atoms with Gasteiger partial charge in [0.05, 0.1) is 28.3 Å². The first kappa shape index (κ1) is 20.8. The Morgan fingerprint density at radius 1 is 0.788 bits per heavy atom. The van der Waals surface area contributed by atoms with E-state index in [1.807, 2.05) is 78.9 Å². The van der Waals surface area contributed by atoms with E-state index >= 15 is 0 Å². The summed E-state index contributed by atoms with van der Waals surface area (Å²) in [7, 11) is 0. The Hall–Kier alpha value is -4.09. The van der Waals surface area contributed by atoms with Gasteiger partial charge in [-0.3, -0.25) is 0 Å². The van der Waals surface area contributed by atoms with Gasteiger partial charge in [0.1, 0.15) is 5.82 Å². The number of pyridine rings is 1. The fourth-order valence-corrected chi connectivity index (χ4v) is 3.70. The maximum absolute atomic E-state index is 14.0. The molecule has 33 heavy (non-hydrogen) atoms. The van der Waals surface area contributed by atoms with Crippen LogP contribution in [0.5, 0.6) is 0 Å². The Labute approximate surface area is 195 Å². The number of aromatic nitrogens is 3. The number of aliphatic imine (C=N–C) groups is 1. The molecule has 4 nitrogen and oxygen atoms in total. The van der Waals surface area contributed by atoms with Crippen molar-refractivity contribution in [3.8, 4) is 16.9 Å². The van der Waals surface area contributed by atoms with Gasteiger partial charge < -0.3 is 0 Å². The van der Waals surface area contributed by atoms with Crippen LogP contribution in [0.3, 0.4) is 0 Å². The SMILES string of the molecule is Fc1cc(-n2nccc2-c2ccnc(N=C(c3ccccc3)c3ccccc3)c2)ccc1Cl. The predicted octanol–water partition coefficient (Wildman–Crippen LogP) is 6.90. The Morgan fingerprint density at radius 2 is 1.48 bits per heavy atom. The normalized spacial score (nSPS) is 10.7. The van der Waals surface area contributed by atoms with E-state index in [1.165, 1.54) is 12.1 Å². The van der Waals surface area contributed by atoms with Crippen LogP contribution in [-0.2, 0) is 0 Å². The molecular weight excluding hydrogens is 435 g/mol. The molecule has 0 N–H and O–H groups in total. The van der Waals surface area contributed by atoms with Crippen molar-refractivity contribution in [3.63, 3.8) is 0 Å². The number of nitrogens with zero attached hydrogens (tertiary/aromatic N) is 4. The second kappa shape index (κ2) is 9.18. The summed E-state index contributed by atoms with van der Waals surface area (Å²) in [6.45, 7) is 0. The fourth-order valence-electron chi connectivity index (χ4n) is 3.59. The molecule has 0 bridgehead atoms. The zero-order valence-corrected chi connectivity index (χ0v) is 18.2. The Balaban J connectivity index is 1.58. The second-order valence-corrected chi connectivity index (χ2v) is 7.73. The van der Waals surface area contributed by atoms with Gasteiger partial charge >= 0.3 is 0 Å². The predicted molar refractivity (Wildman–Crippen MR) is 130 cm³/mol. The molecule has 0 aliphatic rings. The topological polar surface area (TPSA) is 43.1 Å². The summed E-state index contributed by atoms with van der Waals surface area (Å²) in [4.78, 5) is 9.37. The van der Waals surface area contributed by atoms with E-state index in [2.05, 4.69) is 10.1 Å². The van der Waals surface area contributed by atoms with Gasteiger partial charge in [0, 0.05) is 29.0 Å². The van der Waals surface area contributed by atoms with Crippen molar-refractivity contribution >= 4 is 23.1 Å². The average Bonchev–Trinajstić information content (AvgIpc) is 3.36. The van der Waals surface area contributed by atoms with E-state index in [1.54, 1.807) is 23.1 Å². The summed E-state index contributed by atoms with van der Waals surface area (Å²) in [5, 5.41) is 4.44. The van der Waals surface area contributed by atoms with E-state index in [9.17, 15) is 4.39 Å². The third-order valence-corrected chi connectivity index (χ3v) is 5.46. The molecule has 0 amide bonds. The van der Waals surface area contributed by atoms with Crippen LogP contribution in [0.1, 0.15) is 11.1 Å². The van der Waals surface area contributed by atoms with Crippen molar-refractivity contribution in [2.45, 2.75) is 0 Å². The summed E-state index contributed by atoms with van der Waals surface area (Å²) in [5.41, 5.74) is 5.05. The van der Waals surface area contributed by atoms with E-state index in [0.717, 1.165) is 28.1 Å². The Bertz CT molecular complexity index is 1390. The molecule has 160 valence electrons. The molecule has 5 rings (SSSR count). The van der Waals surface area contributed by atoms with Crippen LogP contribution in [0.4, 0.5) is 10.2 Å². The highest BCUT2D eigenvalue weighted by atomic mass is 35.5. The van der Waals surface area contributed by atoms with Crippen LogP contribution in [0.25, 0.3) is 16.9 Å². The molecule has 2 heterocycles. The first-order chi connectivity index (χ1) is 16.2. The molecule has 0 spiro atoms. The van der Waals surface area contributed by atoms with Crippen LogP contribution in [0.15, 0.2) is 114 Å². The van der Waals surface area contributed by atoms with Crippen LogP contribution < -0.4 is 0 Å². The number of halogens is 2. The lowest BCUT2D eigenvalue weighted by atomic mass is 10.0. The van der Waals surface area contributed by atoms with Gasteiger partial charge in [-0.05, 0) is 30.3 Å². The number of rotatable bonds is 5. The van der Waals surface area contributed by atoms with E-state index in [0.29, 0.717) is 11.5 Å². The zero-order chi connectivity index (χ0) is 22.6.